The third-order valence-electron chi connectivity index (χ3n) is 4.63. The van der Waals surface area contributed by atoms with Gasteiger partial charge in [-0.25, -0.2) is 0 Å². The van der Waals surface area contributed by atoms with E-state index in [1.807, 2.05) is 17.8 Å². The fourth-order valence-corrected chi connectivity index (χ4v) is 4.65. The second-order valence-corrected chi connectivity index (χ2v) is 8.07. The molecule has 144 valence electrons. The van der Waals surface area contributed by atoms with Gasteiger partial charge < -0.3 is 15.3 Å². The predicted octanol–water partition coefficient (Wildman–Crippen LogP) is 4.53. The monoisotopic (exact) mass is 402 g/mol. The molecule has 0 saturated carbocycles. The van der Waals surface area contributed by atoms with E-state index in [4.69, 9.17) is 16.7 Å². The lowest BCUT2D eigenvalue weighted by Crippen LogP contribution is -2.43. The van der Waals surface area contributed by atoms with E-state index in [0.29, 0.717) is 0 Å². The van der Waals surface area contributed by atoms with Crippen LogP contribution >= 0.6 is 23.4 Å². The number of aliphatic hydroxyl groups is 1. The summed E-state index contributed by atoms with van der Waals surface area (Å²) in [5.74, 6) is 0. The highest BCUT2D eigenvalue weighted by Crippen LogP contribution is 2.46. The van der Waals surface area contributed by atoms with Gasteiger partial charge in [0.1, 0.15) is 0 Å². The molecule has 0 radical (unpaired) electrons. The Hall–Kier alpha value is -1.30. The van der Waals surface area contributed by atoms with Crippen LogP contribution in [0.25, 0.3) is 5.57 Å². The van der Waals surface area contributed by atoms with Gasteiger partial charge in [-0.05, 0) is 54.3 Å². The summed E-state index contributed by atoms with van der Waals surface area (Å²) < 4.78 is 0. The zero-order valence-corrected chi connectivity index (χ0v) is 17.3. The van der Waals surface area contributed by atoms with E-state index in [9.17, 15) is 0 Å². The van der Waals surface area contributed by atoms with Gasteiger partial charge in [-0.3, -0.25) is 0 Å². The van der Waals surface area contributed by atoms with Crippen LogP contribution in [0.5, 0.6) is 0 Å². The molecule has 0 atom stereocenters. The van der Waals surface area contributed by atoms with Crippen molar-refractivity contribution in [2.75, 3.05) is 39.3 Å². The third kappa shape index (κ3) is 5.37. The van der Waals surface area contributed by atoms with E-state index >= 15 is 0 Å². The van der Waals surface area contributed by atoms with Crippen LogP contribution in [-0.4, -0.2) is 49.3 Å². The van der Waals surface area contributed by atoms with Gasteiger partial charge in [-0.1, -0.05) is 47.6 Å². The number of nitrogens with zero attached hydrogens (tertiary/aromatic N) is 1. The summed E-state index contributed by atoms with van der Waals surface area (Å²) in [5, 5.41) is 11.8. The minimum Gasteiger partial charge on any atom is -0.397 e. The van der Waals surface area contributed by atoms with Crippen molar-refractivity contribution in [2.45, 2.75) is 23.1 Å². The van der Waals surface area contributed by atoms with E-state index in [1.165, 1.54) is 26.5 Å². The Morgan fingerprint density at radius 3 is 2.59 bits per heavy atom. The van der Waals surface area contributed by atoms with Gasteiger partial charge >= 0.3 is 0 Å². The molecule has 0 amide bonds. The second kappa shape index (κ2) is 10.3. The summed E-state index contributed by atoms with van der Waals surface area (Å²) in [6.07, 6.45) is 3.47. The average Bonchev–Trinajstić information content (AvgIpc) is 2.69. The van der Waals surface area contributed by atoms with Gasteiger partial charge in [0.25, 0.3) is 0 Å². The molecule has 0 bridgehead atoms. The van der Waals surface area contributed by atoms with E-state index in [0.717, 1.165) is 44.2 Å². The Labute approximate surface area is 171 Å². The Morgan fingerprint density at radius 1 is 1.11 bits per heavy atom. The van der Waals surface area contributed by atoms with Crippen LogP contribution in [0.4, 0.5) is 0 Å². The molecule has 2 aliphatic rings. The van der Waals surface area contributed by atoms with E-state index < -0.39 is 0 Å². The van der Waals surface area contributed by atoms with Crippen molar-refractivity contribution in [1.82, 2.24) is 10.2 Å². The van der Waals surface area contributed by atoms with Crippen LogP contribution in [-0.2, 0) is 0 Å². The van der Waals surface area contributed by atoms with Crippen molar-refractivity contribution in [2.24, 2.45) is 0 Å². The quantitative estimate of drug-likeness (QED) is 0.674. The van der Waals surface area contributed by atoms with Crippen molar-refractivity contribution < 1.29 is 5.11 Å². The largest absolute Gasteiger partial charge is 0.397 e. The molecule has 0 aromatic heterocycles. The van der Waals surface area contributed by atoms with E-state index in [2.05, 4.69) is 52.7 Å². The smallest absolute Gasteiger partial charge is 0.0412 e. The number of hydrogen-bond donors (Lipinski definition) is 2. The number of nitrogens with one attached hydrogen (secondary N) is 1. The van der Waals surface area contributed by atoms with Crippen molar-refractivity contribution in [1.29, 1.82) is 0 Å². The maximum atomic E-state index is 7.57. The molecule has 2 N–H and O–H groups in total. The van der Waals surface area contributed by atoms with Crippen LogP contribution in [0, 0.1) is 0 Å². The van der Waals surface area contributed by atoms with Crippen molar-refractivity contribution >= 4 is 28.9 Å². The van der Waals surface area contributed by atoms with Gasteiger partial charge in [0.15, 0.2) is 0 Å². The van der Waals surface area contributed by atoms with Crippen LogP contribution in [0.2, 0.25) is 5.02 Å². The molecule has 2 aromatic carbocycles. The topological polar surface area (TPSA) is 35.5 Å². The zero-order valence-electron chi connectivity index (χ0n) is 15.7. The maximum absolute atomic E-state index is 7.57. The summed E-state index contributed by atoms with van der Waals surface area (Å²) in [7, 11) is 0. The highest BCUT2D eigenvalue weighted by molar-refractivity contribution is 7.99. The molecular weight excluding hydrogens is 376 g/mol. The lowest BCUT2D eigenvalue weighted by Gasteiger charge is -2.27. The molecule has 4 rings (SSSR count). The predicted molar refractivity (Wildman–Crippen MR) is 116 cm³/mol. The Kier molecular flexibility index (Phi) is 7.80. The van der Waals surface area contributed by atoms with Crippen LogP contribution in [0.15, 0.2) is 58.3 Å². The molecule has 1 saturated heterocycles. The summed E-state index contributed by atoms with van der Waals surface area (Å²) in [4.78, 5) is 5.17. The number of benzene rings is 2. The lowest BCUT2D eigenvalue weighted by molar-refractivity contribution is 0.245. The fourth-order valence-electron chi connectivity index (χ4n) is 3.39. The van der Waals surface area contributed by atoms with Gasteiger partial charge in [0, 0.05) is 54.1 Å². The second-order valence-electron chi connectivity index (χ2n) is 6.55. The van der Waals surface area contributed by atoms with Gasteiger partial charge in [0.2, 0.25) is 0 Å². The molecule has 2 heterocycles. The first kappa shape index (κ1) is 20.4. The molecule has 2 aromatic rings. The highest BCUT2D eigenvalue weighted by atomic mass is 35.5. The number of hydrogen-bond acceptors (Lipinski definition) is 4. The van der Waals surface area contributed by atoms with Crippen LogP contribution < -0.4 is 5.32 Å². The first-order valence-corrected chi connectivity index (χ1v) is 10.7. The van der Waals surface area contributed by atoms with E-state index in [-0.39, 0.29) is 6.61 Å². The Bertz CT molecular complexity index is 788. The Balaban J connectivity index is 0.000000659. The molecule has 0 unspecified atom stereocenters. The minimum atomic E-state index is 0.250. The maximum Gasteiger partial charge on any atom is 0.0412 e. The molecule has 3 nitrogen and oxygen atoms in total. The molecule has 1 fully saturated rings. The molecule has 0 spiro atoms. The fraction of sp³-hybridized carbons (Fsp3) is 0.364. The molecule has 2 aliphatic heterocycles. The average molecular weight is 403 g/mol. The number of halogens is 1. The first-order chi connectivity index (χ1) is 13.2. The first-order valence-electron chi connectivity index (χ1n) is 9.54. The van der Waals surface area contributed by atoms with Crippen LogP contribution in [0.1, 0.15) is 24.5 Å². The highest BCUT2D eigenvalue weighted by Gasteiger charge is 2.20. The number of fused-ring (bicyclic) bond motifs is 2. The molecule has 0 aliphatic carbocycles. The SMILES string of the molecule is CCO.Clc1ccc2c(c1)C(=CCCN1CCNCC1)c1ccccc1S2. The summed E-state index contributed by atoms with van der Waals surface area (Å²) in [6.45, 7) is 7.56. The number of aliphatic hydroxyl groups excluding tert-OH is 1. The minimum absolute atomic E-state index is 0.250. The molecule has 5 heteroatoms. The van der Waals surface area contributed by atoms with Crippen molar-refractivity contribution in [3.8, 4) is 0 Å². The van der Waals surface area contributed by atoms with Crippen molar-refractivity contribution in [3.05, 3.63) is 64.7 Å². The van der Waals surface area contributed by atoms with Gasteiger partial charge in [0.05, 0.1) is 0 Å². The van der Waals surface area contributed by atoms with Crippen LogP contribution in [0.3, 0.4) is 0 Å². The normalized spacial score (nSPS) is 17.7. The van der Waals surface area contributed by atoms with E-state index in [1.54, 1.807) is 6.92 Å². The standard InChI is InChI=1S/C20H21ClN2S.C2H6O/c21-15-7-8-20-18(14-15)16(17-4-1-2-6-19(17)24-20)5-3-11-23-12-9-22-10-13-23;1-2-3/h1-2,4-8,14,22H,3,9-13H2;3H,2H2,1H3. The summed E-state index contributed by atoms with van der Waals surface area (Å²) in [5.41, 5.74) is 3.93. The van der Waals surface area contributed by atoms with Crippen molar-refractivity contribution in [3.63, 3.8) is 0 Å². The lowest BCUT2D eigenvalue weighted by atomic mass is 9.96. The van der Waals surface area contributed by atoms with Gasteiger partial charge in [-0.15, -0.1) is 0 Å². The number of rotatable bonds is 3. The number of piperazine rings is 1. The van der Waals surface area contributed by atoms with Gasteiger partial charge in [-0.2, -0.15) is 0 Å². The summed E-state index contributed by atoms with van der Waals surface area (Å²) in [6, 6.07) is 14.9. The molecule has 27 heavy (non-hydrogen) atoms. The third-order valence-corrected chi connectivity index (χ3v) is 6.02. The zero-order chi connectivity index (χ0) is 19.1. The Morgan fingerprint density at radius 2 is 1.81 bits per heavy atom. The summed E-state index contributed by atoms with van der Waals surface area (Å²) >= 11 is 8.11. The molecular formula is C22H27ClN2OS.